The summed E-state index contributed by atoms with van der Waals surface area (Å²) < 4.78 is 0. The van der Waals surface area contributed by atoms with Crippen molar-refractivity contribution in [3.8, 4) is 0 Å². The van der Waals surface area contributed by atoms with E-state index in [-0.39, 0.29) is 0 Å². The van der Waals surface area contributed by atoms with Crippen LogP contribution in [0.25, 0.3) is 0 Å². The van der Waals surface area contributed by atoms with Crippen LogP contribution in [-0.4, -0.2) is 21.0 Å². The van der Waals surface area contributed by atoms with Gasteiger partial charge in [0.25, 0.3) is 0 Å². The molecule has 1 aromatic heterocycles. The van der Waals surface area contributed by atoms with Gasteiger partial charge in [-0.1, -0.05) is 0 Å². The summed E-state index contributed by atoms with van der Waals surface area (Å²) in [6, 6.07) is 6.82. The van der Waals surface area contributed by atoms with Crippen LogP contribution in [0.15, 0.2) is 36.8 Å². The second kappa shape index (κ2) is 5.27. The highest BCUT2D eigenvalue weighted by molar-refractivity contribution is 5.88. The molecule has 0 amide bonds. The lowest BCUT2D eigenvalue weighted by molar-refractivity contribution is 0.0697. The second-order valence-electron chi connectivity index (χ2n) is 3.89. The molecule has 0 bridgehead atoms. The molecule has 0 saturated carbocycles. The van der Waals surface area contributed by atoms with Crippen molar-refractivity contribution in [1.29, 1.82) is 0 Å². The number of anilines is 1. The molecule has 1 heterocycles. The van der Waals surface area contributed by atoms with Crippen LogP contribution in [0.2, 0.25) is 0 Å². The lowest BCUT2D eigenvalue weighted by Gasteiger charge is -2.09. The fraction of sp³-hybridized carbons (Fsp3) is 0.154. The van der Waals surface area contributed by atoms with Crippen LogP contribution in [-0.2, 0) is 6.54 Å². The van der Waals surface area contributed by atoms with E-state index in [0.717, 1.165) is 16.9 Å². The van der Waals surface area contributed by atoms with E-state index in [1.807, 2.05) is 13.0 Å². The predicted molar refractivity (Wildman–Crippen MR) is 67.5 cm³/mol. The average Bonchev–Trinajstić information content (AvgIpc) is 2.38. The van der Waals surface area contributed by atoms with Gasteiger partial charge in [-0.2, -0.15) is 0 Å². The monoisotopic (exact) mass is 243 g/mol. The van der Waals surface area contributed by atoms with Crippen LogP contribution >= 0.6 is 0 Å². The number of carbonyl (C=O) groups is 1. The summed E-state index contributed by atoms with van der Waals surface area (Å²) >= 11 is 0. The van der Waals surface area contributed by atoms with Crippen molar-refractivity contribution in [1.82, 2.24) is 9.97 Å². The van der Waals surface area contributed by atoms with Crippen molar-refractivity contribution in [2.24, 2.45) is 0 Å². The zero-order valence-electron chi connectivity index (χ0n) is 9.92. The Morgan fingerprint density at radius 3 is 2.83 bits per heavy atom. The van der Waals surface area contributed by atoms with Crippen LogP contribution in [0.4, 0.5) is 5.69 Å². The van der Waals surface area contributed by atoms with Crippen molar-refractivity contribution in [2.75, 3.05) is 5.32 Å². The van der Waals surface area contributed by atoms with Gasteiger partial charge in [0.2, 0.25) is 0 Å². The molecule has 0 fully saturated rings. The van der Waals surface area contributed by atoms with Gasteiger partial charge in [-0.15, -0.1) is 0 Å². The van der Waals surface area contributed by atoms with Gasteiger partial charge < -0.3 is 10.4 Å². The molecule has 0 aliphatic rings. The molecule has 5 heteroatoms. The van der Waals surface area contributed by atoms with E-state index in [1.54, 1.807) is 24.4 Å². The first-order valence-electron chi connectivity index (χ1n) is 5.49. The fourth-order valence-corrected chi connectivity index (χ4v) is 1.60. The molecule has 2 aromatic rings. The number of carboxylic acid groups (broad SMARTS) is 1. The highest BCUT2D eigenvalue weighted by atomic mass is 16.4. The molecule has 0 unspecified atom stereocenters. The first kappa shape index (κ1) is 12.0. The summed E-state index contributed by atoms with van der Waals surface area (Å²) in [6.07, 6.45) is 3.18. The number of rotatable bonds is 4. The maximum Gasteiger partial charge on any atom is 0.335 e. The molecular formula is C13H13N3O2. The molecule has 18 heavy (non-hydrogen) atoms. The van der Waals surface area contributed by atoms with E-state index in [4.69, 9.17) is 5.11 Å². The number of benzene rings is 1. The number of aromatic nitrogens is 2. The first-order chi connectivity index (χ1) is 8.66. The standard InChI is InChI=1S/C13H13N3O2/c1-9-6-10(13(17)18)2-3-12(9)15-7-11-4-5-14-8-16-11/h2-6,8,15H,7H2,1H3,(H,17,18). The third-order valence-electron chi connectivity index (χ3n) is 2.58. The number of nitrogens with one attached hydrogen (secondary N) is 1. The summed E-state index contributed by atoms with van der Waals surface area (Å²) in [5, 5.41) is 12.1. The van der Waals surface area contributed by atoms with E-state index < -0.39 is 5.97 Å². The van der Waals surface area contributed by atoms with Gasteiger partial charge in [-0.25, -0.2) is 14.8 Å². The summed E-state index contributed by atoms with van der Waals surface area (Å²) in [7, 11) is 0. The van der Waals surface area contributed by atoms with E-state index in [0.29, 0.717) is 12.1 Å². The summed E-state index contributed by atoms with van der Waals surface area (Å²) in [6.45, 7) is 2.45. The smallest absolute Gasteiger partial charge is 0.335 e. The maximum absolute atomic E-state index is 10.8. The number of aryl methyl sites for hydroxylation is 1. The van der Waals surface area contributed by atoms with Gasteiger partial charge in [0, 0.05) is 11.9 Å². The Balaban J connectivity index is 2.08. The third-order valence-corrected chi connectivity index (χ3v) is 2.58. The van der Waals surface area contributed by atoms with Crippen LogP contribution < -0.4 is 5.32 Å². The van der Waals surface area contributed by atoms with Crippen LogP contribution in [0.1, 0.15) is 21.6 Å². The zero-order chi connectivity index (χ0) is 13.0. The molecule has 0 aliphatic heterocycles. The van der Waals surface area contributed by atoms with Gasteiger partial charge in [-0.3, -0.25) is 0 Å². The molecule has 2 N–H and O–H groups in total. The number of hydrogen-bond acceptors (Lipinski definition) is 4. The van der Waals surface area contributed by atoms with Crippen molar-refractivity contribution in [3.05, 3.63) is 53.6 Å². The topological polar surface area (TPSA) is 75.1 Å². The minimum absolute atomic E-state index is 0.292. The zero-order valence-corrected chi connectivity index (χ0v) is 9.92. The van der Waals surface area contributed by atoms with E-state index in [9.17, 15) is 4.79 Å². The van der Waals surface area contributed by atoms with Gasteiger partial charge in [0.05, 0.1) is 17.8 Å². The first-order valence-corrected chi connectivity index (χ1v) is 5.49. The number of carboxylic acids is 1. The highest BCUT2D eigenvalue weighted by Crippen LogP contribution is 2.17. The molecule has 0 radical (unpaired) electrons. The van der Waals surface area contributed by atoms with Gasteiger partial charge in [-0.05, 0) is 36.8 Å². The third kappa shape index (κ3) is 2.82. The average molecular weight is 243 g/mol. The molecule has 0 saturated heterocycles. The minimum Gasteiger partial charge on any atom is -0.478 e. The number of nitrogens with zero attached hydrogens (tertiary/aromatic N) is 2. The quantitative estimate of drug-likeness (QED) is 0.860. The molecule has 0 spiro atoms. The Kier molecular flexibility index (Phi) is 3.52. The molecule has 5 nitrogen and oxygen atoms in total. The van der Waals surface area contributed by atoms with Crippen molar-refractivity contribution in [3.63, 3.8) is 0 Å². The van der Waals surface area contributed by atoms with Crippen molar-refractivity contribution in [2.45, 2.75) is 13.5 Å². The Morgan fingerprint density at radius 1 is 1.39 bits per heavy atom. The summed E-state index contributed by atoms with van der Waals surface area (Å²) in [4.78, 5) is 18.8. The largest absolute Gasteiger partial charge is 0.478 e. The Labute approximate surface area is 105 Å². The van der Waals surface area contributed by atoms with E-state index in [2.05, 4.69) is 15.3 Å². The second-order valence-corrected chi connectivity index (χ2v) is 3.89. The van der Waals surface area contributed by atoms with Crippen molar-refractivity contribution < 1.29 is 9.90 Å². The lowest BCUT2D eigenvalue weighted by Crippen LogP contribution is -2.04. The van der Waals surface area contributed by atoms with Gasteiger partial charge in [0.15, 0.2) is 0 Å². The Bertz CT molecular complexity index is 555. The Morgan fingerprint density at radius 2 is 2.22 bits per heavy atom. The number of hydrogen-bond donors (Lipinski definition) is 2. The number of aromatic carboxylic acids is 1. The van der Waals surface area contributed by atoms with E-state index >= 15 is 0 Å². The van der Waals surface area contributed by atoms with Crippen LogP contribution in [0.3, 0.4) is 0 Å². The SMILES string of the molecule is Cc1cc(C(=O)O)ccc1NCc1ccncn1. The predicted octanol–water partition coefficient (Wildman–Crippen LogP) is 2.10. The molecular weight excluding hydrogens is 230 g/mol. The fourth-order valence-electron chi connectivity index (χ4n) is 1.60. The molecule has 1 aromatic carbocycles. The molecule has 92 valence electrons. The van der Waals surface area contributed by atoms with Crippen molar-refractivity contribution >= 4 is 11.7 Å². The normalized spacial score (nSPS) is 10.1. The van der Waals surface area contributed by atoms with Gasteiger partial charge in [0.1, 0.15) is 6.33 Å². The molecule has 2 rings (SSSR count). The van der Waals surface area contributed by atoms with Gasteiger partial charge >= 0.3 is 5.97 Å². The summed E-state index contributed by atoms with van der Waals surface area (Å²) in [5.41, 5.74) is 2.97. The minimum atomic E-state index is -0.916. The molecule has 0 aliphatic carbocycles. The lowest BCUT2D eigenvalue weighted by atomic mass is 10.1. The summed E-state index contributed by atoms with van der Waals surface area (Å²) in [5.74, 6) is -0.916. The van der Waals surface area contributed by atoms with Crippen LogP contribution in [0, 0.1) is 6.92 Å². The highest BCUT2D eigenvalue weighted by Gasteiger charge is 2.05. The maximum atomic E-state index is 10.8. The van der Waals surface area contributed by atoms with E-state index in [1.165, 1.54) is 6.33 Å². The van der Waals surface area contributed by atoms with Crippen LogP contribution in [0.5, 0.6) is 0 Å². The Hall–Kier alpha value is -2.43. The molecule has 0 atom stereocenters.